The predicted molar refractivity (Wildman–Crippen MR) is 221 cm³/mol. The van der Waals surface area contributed by atoms with Crippen molar-refractivity contribution in [2.75, 3.05) is 0 Å². The number of nitrogens with zero attached hydrogens (tertiary/aromatic N) is 2. The summed E-state index contributed by atoms with van der Waals surface area (Å²) < 4.78 is 0. The average molecular weight is 769 g/mol. The van der Waals surface area contributed by atoms with E-state index >= 15 is 0 Å². The van der Waals surface area contributed by atoms with Gasteiger partial charge in [0.15, 0.2) is 0 Å². The monoisotopic (exact) mass is 768 g/mol. The molecule has 6 aromatic rings. The third-order valence-electron chi connectivity index (χ3n) is 8.46. The van der Waals surface area contributed by atoms with Gasteiger partial charge in [-0.05, 0) is 66.8 Å². The van der Waals surface area contributed by atoms with E-state index in [1.165, 1.54) is 0 Å². The van der Waals surface area contributed by atoms with Gasteiger partial charge in [0.05, 0.1) is 11.4 Å². The van der Waals surface area contributed by atoms with Gasteiger partial charge in [0.25, 0.3) is 0 Å². The van der Waals surface area contributed by atoms with Crippen LogP contribution < -0.4 is 20.4 Å². The van der Waals surface area contributed by atoms with Gasteiger partial charge in [-0.15, -0.1) is 12.2 Å². The Morgan fingerprint density at radius 2 is 0.800 bits per heavy atom. The summed E-state index contributed by atoms with van der Waals surface area (Å²) in [5.74, 6) is -0.0233. The molecule has 6 aromatic carbocycles. The van der Waals surface area contributed by atoms with Gasteiger partial charge in [0.1, 0.15) is 0 Å². The summed E-state index contributed by atoms with van der Waals surface area (Å²) in [6, 6.07) is 35.9. The van der Waals surface area contributed by atoms with Crippen molar-refractivity contribution in [1.29, 1.82) is 0 Å². The smallest absolute Gasteiger partial charge is 0.872 e. The minimum atomic E-state index is -0.417. The number of rotatable bonds is 5. The molecule has 0 fully saturated rings. The molecule has 0 radical (unpaired) electrons. The maximum absolute atomic E-state index is 13.4. The molecule has 0 amide bonds. The van der Waals surface area contributed by atoms with Crippen molar-refractivity contribution in [1.82, 2.24) is 0 Å². The summed E-state index contributed by atoms with van der Waals surface area (Å²) in [5.41, 5.74) is 5.35. The van der Waals surface area contributed by atoms with Crippen molar-refractivity contribution in [3.63, 3.8) is 0 Å². The van der Waals surface area contributed by atoms with Crippen molar-refractivity contribution in [2.24, 2.45) is 9.98 Å². The molecular formula is C48H52N2O4Ti. The maximum Gasteiger partial charge on any atom is 4.00 e. The normalized spacial score (nSPS) is 11.8. The van der Waals surface area contributed by atoms with Crippen molar-refractivity contribution >= 4 is 45.3 Å². The molecule has 0 spiro atoms. The number of aliphatic imine (C=N–C) groups is 2. The largest absolute Gasteiger partial charge is 4.00 e. The molecule has 0 aromatic heterocycles. The number of para-hydroxylation sites is 2. The molecule has 0 unspecified atom stereocenters. The van der Waals surface area contributed by atoms with Crippen molar-refractivity contribution in [2.45, 2.75) is 92.3 Å². The summed E-state index contributed by atoms with van der Waals surface area (Å²) in [4.78, 5) is 9.96. The Bertz CT molecular complexity index is 2090. The summed E-state index contributed by atoms with van der Waals surface area (Å²) in [6.07, 6.45) is 2.53. The van der Waals surface area contributed by atoms with Gasteiger partial charge < -0.3 is 20.4 Å². The van der Waals surface area contributed by atoms with Crippen molar-refractivity contribution in [3.8, 4) is 22.6 Å². The zero-order valence-corrected chi connectivity index (χ0v) is 35.3. The van der Waals surface area contributed by atoms with Crippen molar-refractivity contribution < 1.29 is 42.1 Å². The molecular weight excluding hydrogens is 716 g/mol. The van der Waals surface area contributed by atoms with Crippen LogP contribution in [0.5, 0.6) is 11.5 Å². The van der Waals surface area contributed by atoms with E-state index in [4.69, 9.17) is 9.98 Å². The van der Waals surface area contributed by atoms with Crippen LogP contribution in [0.25, 0.3) is 32.7 Å². The van der Waals surface area contributed by atoms with Crippen LogP contribution in [-0.2, 0) is 32.5 Å². The Morgan fingerprint density at radius 1 is 0.473 bits per heavy atom. The number of hydrogen-bond acceptors (Lipinski definition) is 6. The van der Waals surface area contributed by atoms with E-state index in [1.54, 1.807) is 40.1 Å². The SMILES string of the molecule is CC(C)(C)c1cccc(C=Nc2ccc3ccccc3c2-c2c(N=Cc3cccc(C(C)(C)C)c3[O-])ccc3ccccc23)c1[O-].CC(C)[O-].CC(C)[O-].[Ti+4]. The Balaban J connectivity index is 0.000000824. The zero-order chi connectivity index (χ0) is 39.8. The molecule has 0 heterocycles. The van der Waals surface area contributed by atoms with Gasteiger partial charge in [-0.3, -0.25) is 9.98 Å². The van der Waals surface area contributed by atoms with Crippen LogP contribution in [-0.4, -0.2) is 24.6 Å². The molecule has 0 aliphatic rings. The van der Waals surface area contributed by atoms with Crippen LogP contribution in [0.1, 0.15) is 91.5 Å². The molecule has 0 atom stereocenters. The second kappa shape index (κ2) is 19.3. The minimum absolute atomic E-state index is 0. The third-order valence-corrected chi connectivity index (χ3v) is 8.46. The van der Waals surface area contributed by atoms with Crippen molar-refractivity contribution in [3.05, 3.63) is 131 Å². The molecule has 0 saturated carbocycles. The molecule has 0 aliphatic heterocycles. The standard InChI is InChI=1S/C42H40N2O2.2C3H7O.Ti/c1-41(2,3)33-19-11-15-29(39(33)45)25-43-35-23-21-27-13-7-9-17-31(27)37(35)38-32-18-10-8-14-28(32)22-24-36(38)44-26-30-16-12-20-34(40(30)46)42(4,5)6;2*1-3(2)4;/h7-26,45-46H,1-6H3;2*3H,1-2H3;/q;2*-1;+4/p-2. The first-order chi connectivity index (χ1) is 25.4. The molecule has 0 aliphatic carbocycles. The van der Waals surface area contributed by atoms with Gasteiger partial charge in [-0.1, -0.05) is 178 Å². The van der Waals surface area contributed by atoms with Crippen LogP contribution in [0, 0.1) is 0 Å². The first-order valence-electron chi connectivity index (χ1n) is 18.4. The molecule has 55 heavy (non-hydrogen) atoms. The number of hydrogen-bond donors (Lipinski definition) is 0. The summed E-state index contributed by atoms with van der Waals surface area (Å²) in [6.45, 7) is 18.7. The van der Waals surface area contributed by atoms with Gasteiger partial charge >= 0.3 is 21.7 Å². The van der Waals surface area contributed by atoms with Crippen LogP contribution >= 0.6 is 0 Å². The molecule has 0 bridgehead atoms. The Hall–Kier alpha value is -4.59. The van der Waals surface area contributed by atoms with Crippen LogP contribution in [0.3, 0.4) is 0 Å². The molecule has 0 saturated heterocycles. The second-order valence-electron chi connectivity index (χ2n) is 15.9. The van der Waals surface area contributed by atoms with Gasteiger partial charge in [-0.2, -0.15) is 0 Å². The number of fused-ring (bicyclic) bond motifs is 2. The van der Waals surface area contributed by atoms with E-state index in [0.29, 0.717) is 11.1 Å². The van der Waals surface area contributed by atoms with Crippen LogP contribution in [0.15, 0.2) is 119 Å². The fraction of sp³-hybridized carbons (Fsp3) is 0.292. The summed E-state index contributed by atoms with van der Waals surface area (Å²) in [7, 11) is 0. The van der Waals surface area contributed by atoms with E-state index in [1.807, 2.05) is 114 Å². The van der Waals surface area contributed by atoms with Gasteiger partial charge in [0, 0.05) is 23.6 Å². The summed E-state index contributed by atoms with van der Waals surface area (Å²) >= 11 is 0. The first kappa shape index (κ1) is 44.8. The summed E-state index contributed by atoms with van der Waals surface area (Å²) in [5, 5.41) is 50.1. The fourth-order valence-corrected chi connectivity index (χ4v) is 6.03. The molecule has 6 nitrogen and oxygen atoms in total. The van der Waals surface area contributed by atoms with Gasteiger partial charge in [0.2, 0.25) is 0 Å². The average Bonchev–Trinajstić information content (AvgIpc) is 3.09. The third kappa shape index (κ3) is 11.7. The molecule has 282 valence electrons. The first-order valence-corrected chi connectivity index (χ1v) is 18.4. The second-order valence-corrected chi connectivity index (χ2v) is 15.9. The van der Waals surface area contributed by atoms with E-state index in [2.05, 4.69) is 36.4 Å². The van der Waals surface area contributed by atoms with Crippen LogP contribution in [0.2, 0.25) is 0 Å². The Labute approximate surface area is 342 Å². The van der Waals surface area contributed by atoms with E-state index < -0.39 is 12.2 Å². The maximum atomic E-state index is 13.4. The molecule has 6 rings (SSSR count). The van der Waals surface area contributed by atoms with Crippen LogP contribution in [0.4, 0.5) is 11.4 Å². The zero-order valence-electron chi connectivity index (χ0n) is 33.7. The van der Waals surface area contributed by atoms with Gasteiger partial charge in [-0.25, -0.2) is 0 Å². The molecule has 0 N–H and O–H groups in total. The topological polar surface area (TPSA) is 117 Å². The van der Waals surface area contributed by atoms with E-state index in [-0.39, 0.29) is 44.0 Å². The Morgan fingerprint density at radius 3 is 1.13 bits per heavy atom. The van der Waals surface area contributed by atoms with E-state index in [9.17, 15) is 20.4 Å². The Kier molecular flexibility index (Phi) is 15.7. The molecule has 7 heteroatoms. The quantitative estimate of drug-likeness (QED) is 0.128. The minimum Gasteiger partial charge on any atom is -0.872 e. The van der Waals surface area contributed by atoms with E-state index in [0.717, 1.165) is 55.2 Å². The predicted octanol–water partition coefficient (Wildman–Crippen LogP) is 9.41. The fourth-order valence-electron chi connectivity index (χ4n) is 6.03. The number of benzene rings is 6.